The van der Waals surface area contributed by atoms with Crippen LogP contribution >= 0.6 is 0 Å². The highest BCUT2D eigenvalue weighted by molar-refractivity contribution is 5.96. The van der Waals surface area contributed by atoms with Crippen LogP contribution in [0.1, 0.15) is 46.1 Å². The fraction of sp³-hybridized carbons (Fsp3) is 0.250. The van der Waals surface area contributed by atoms with E-state index in [1.165, 1.54) is 5.56 Å². The summed E-state index contributed by atoms with van der Waals surface area (Å²) in [5.74, 6) is -0.0897. The molecule has 0 spiro atoms. The Labute approximate surface area is 175 Å². The standard InChI is InChI=1S/C24H24N2O4/c27-23(26-22-13-5-8-17-7-1-2-10-19(17)22)16-30-24(28)20-11-3-4-12-21(20)25-15-18-9-6-14-29-18/h1-4,6-7,9-12,14,22,25H,5,8,13,15-16H2,(H,26,27)/t22-/m1/s1. The summed E-state index contributed by atoms with van der Waals surface area (Å²) in [5, 5.41) is 6.16. The SMILES string of the molecule is O=C(COC(=O)c1ccccc1NCc1ccco1)N[C@@H]1CCCc2ccccc21. The molecule has 0 fully saturated rings. The number of aryl methyl sites for hydroxylation is 1. The van der Waals surface area contributed by atoms with E-state index >= 15 is 0 Å². The lowest BCUT2D eigenvalue weighted by Crippen LogP contribution is -2.34. The summed E-state index contributed by atoms with van der Waals surface area (Å²) in [5.41, 5.74) is 3.42. The van der Waals surface area contributed by atoms with E-state index in [4.69, 9.17) is 9.15 Å². The predicted molar refractivity (Wildman–Crippen MR) is 113 cm³/mol. The van der Waals surface area contributed by atoms with Crippen molar-refractivity contribution in [3.05, 3.63) is 89.4 Å². The molecule has 1 atom stereocenters. The van der Waals surface area contributed by atoms with Gasteiger partial charge in [0.15, 0.2) is 6.61 Å². The van der Waals surface area contributed by atoms with Crippen LogP contribution in [0.3, 0.4) is 0 Å². The minimum absolute atomic E-state index is 0.0385. The highest BCUT2D eigenvalue weighted by Gasteiger charge is 2.22. The number of hydrogen-bond acceptors (Lipinski definition) is 5. The van der Waals surface area contributed by atoms with Gasteiger partial charge < -0.3 is 19.8 Å². The first-order chi connectivity index (χ1) is 14.7. The van der Waals surface area contributed by atoms with Crippen LogP contribution in [0, 0.1) is 0 Å². The molecule has 0 saturated heterocycles. The second-order valence-corrected chi connectivity index (χ2v) is 7.27. The lowest BCUT2D eigenvalue weighted by molar-refractivity contribution is -0.125. The Hall–Kier alpha value is -3.54. The zero-order chi connectivity index (χ0) is 20.8. The molecule has 1 heterocycles. The third-order valence-electron chi connectivity index (χ3n) is 5.22. The number of amides is 1. The van der Waals surface area contributed by atoms with Gasteiger partial charge in [0.1, 0.15) is 5.76 Å². The van der Waals surface area contributed by atoms with Crippen LogP contribution in [-0.2, 0) is 22.5 Å². The number of furan rings is 1. The first kappa shape index (κ1) is 19.8. The van der Waals surface area contributed by atoms with E-state index in [1.807, 2.05) is 30.3 Å². The molecule has 1 aliphatic carbocycles. The van der Waals surface area contributed by atoms with Crippen LogP contribution in [0.4, 0.5) is 5.69 Å². The van der Waals surface area contributed by atoms with Crippen LogP contribution in [0.15, 0.2) is 71.3 Å². The molecule has 0 saturated carbocycles. The third-order valence-corrected chi connectivity index (χ3v) is 5.22. The number of hydrogen-bond donors (Lipinski definition) is 2. The van der Waals surface area contributed by atoms with Crippen LogP contribution in [-0.4, -0.2) is 18.5 Å². The molecule has 6 heteroatoms. The average molecular weight is 404 g/mol. The van der Waals surface area contributed by atoms with Crippen LogP contribution in [0.2, 0.25) is 0 Å². The molecule has 6 nitrogen and oxygen atoms in total. The van der Waals surface area contributed by atoms with Crippen molar-refractivity contribution in [3.63, 3.8) is 0 Å². The lowest BCUT2D eigenvalue weighted by Gasteiger charge is -2.26. The molecular formula is C24H24N2O4. The molecule has 0 aliphatic heterocycles. The van der Waals surface area contributed by atoms with E-state index in [9.17, 15) is 9.59 Å². The van der Waals surface area contributed by atoms with E-state index in [-0.39, 0.29) is 18.6 Å². The van der Waals surface area contributed by atoms with E-state index in [0.29, 0.717) is 17.8 Å². The highest BCUT2D eigenvalue weighted by Crippen LogP contribution is 2.29. The number of carbonyl (C=O) groups is 2. The summed E-state index contributed by atoms with van der Waals surface area (Å²) < 4.78 is 10.6. The Bertz CT molecular complexity index is 1010. The van der Waals surface area contributed by atoms with E-state index in [1.54, 1.807) is 30.5 Å². The molecule has 30 heavy (non-hydrogen) atoms. The minimum Gasteiger partial charge on any atom is -0.467 e. The number of rotatable bonds is 7. The van der Waals surface area contributed by atoms with Gasteiger partial charge in [-0.15, -0.1) is 0 Å². The largest absolute Gasteiger partial charge is 0.467 e. The van der Waals surface area contributed by atoms with Gasteiger partial charge in [0.25, 0.3) is 5.91 Å². The number of esters is 1. The summed E-state index contributed by atoms with van der Waals surface area (Å²) in [7, 11) is 0. The van der Waals surface area contributed by atoms with Crippen molar-refractivity contribution in [1.29, 1.82) is 0 Å². The number of anilines is 1. The van der Waals surface area contributed by atoms with Crippen molar-refractivity contribution in [2.24, 2.45) is 0 Å². The number of nitrogens with one attached hydrogen (secondary N) is 2. The number of fused-ring (bicyclic) bond motifs is 1. The van der Waals surface area contributed by atoms with Crippen molar-refractivity contribution < 1.29 is 18.7 Å². The smallest absolute Gasteiger partial charge is 0.340 e. The Kier molecular flexibility index (Phi) is 6.13. The molecule has 0 unspecified atom stereocenters. The molecule has 0 radical (unpaired) electrons. The summed E-state index contributed by atoms with van der Waals surface area (Å²) in [6, 6.07) is 18.8. The lowest BCUT2D eigenvalue weighted by atomic mass is 9.88. The number of carbonyl (C=O) groups excluding carboxylic acids is 2. The summed E-state index contributed by atoms with van der Waals surface area (Å²) >= 11 is 0. The Morgan fingerprint density at radius 2 is 1.87 bits per heavy atom. The fourth-order valence-electron chi connectivity index (χ4n) is 3.76. The molecule has 1 aromatic heterocycles. The first-order valence-electron chi connectivity index (χ1n) is 10.1. The Morgan fingerprint density at radius 3 is 2.73 bits per heavy atom. The van der Waals surface area contributed by atoms with E-state index in [2.05, 4.69) is 16.7 Å². The molecule has 154 valence electrons. The molecule has 4 rings (SSSR count). The van der Waals surface area contributed by atoms with E-state index in [0.717, 1.165) is 30.6 Å². The zero-order valence-corrected chi connectivity index (χ0v) is 16.6. The topological polar surface area (TPSA) is 80.6 Å². The Morgan fingerprint density at radius 1 is 1.03 bits per heavy atom. The fourth-order valence-corrected chi connectivity index (χ4v) is 3.76. The normalized spacial score (nSPS) is 15.1. The van der Waals surface area contributed by atoms with Gasteiger partial charge in [-0.05, 0) is 54.7 Å². The molecule has 2 aromatic carbocycles. The maximum atomic E-state index is 12.6. The first-order valence-corrected chi connectivity index (χ1v) is 10.1. The highest BCUT2D eigenvalue weighted by atomic mass is 16.5. The van der Waals surface area contributed by atoms with E-state index < -0.39 is 5.97 Å². The van der Waals surface area contributed by atoms with Gasteiger partial charge in [0, 0.05) is 5.69 Å². The van der Waals surface area contributed by atoms with Crippen molar-refractivity contribution in [1.82, 2.24) is 5.32 Å². The van der Waals surface area contributed by atoms with Crippen LogP contribution in [0.25, 0.3) is 0 Å². The minimum atomic E-state index is -0.545. The predicted octanol–water partition coefficient (Wildman–Crippen LogP) is 4.24. The Balaban J connectivity index is 1.33. The van der Waals surface area contributed by atoms with Crippen molar-refractivity contribution in [2.75, 3.05) is 11.9 Å². The molecule has 3 aromatic rings. The third kappa shape index (κ3) is 4.71. The van der Waals surface area contributed by atoms with Gasteiger partial charge in [-0.1, -0.05) is 36.4 Å². The second-order valence-electron chi connectivity index (χ2n) is 7.27. The monoisotopic (exact) mass is 404 g/mol. The average Bonchev–Trinajstić information content (AvgIpc) is 3.30. The van der Waals surface area contributed by atoms with Crippen LogP contribution < -0.4 is 10.6 Å². The summed E-state index contributed by atoms with van der Waals surface area (Å²) in [6.45, 7) is 0.128. The van der Waals surface area contributed by atoms with Crippen molar-refractivity contribution >= 4 is 17.6 Å². The quantitative estimate of drug-likeness (QED) is 0.576. The summed E-state index contributed by atoms with van der Waals surface area (Å²) in [4.78, 5) is 25.0. The van der Waals surface area contributed by atoms with Gasteiger partial charge in [-0.25, -0.2) is 4.79 Å². The molecule has 2 N–H and O–H groups in total. The van der Waals surface area contributed by atoms with Gasteiger partial charge in [0.05, 0.1) is 24.4 Å². The van der Waals surface area contributed by atoms with Crippen molar-refractivity contribution in [3.8, 4) is 0 Å². The molecule has 0 bridgehead atoms. The maximum absolute atomic E-state index is 12.6. The van der Waals surface area contributed by atoms with Gasteiger partial charge in [-0.2, -0.15) is 0 Å². The van der Waals surface area contributed by atoms with Crippen LogP contribution in [0.5, 0.6) is 0 Å². The summed E-state index contributed by atoms with van der Waals surface area (Å²) in [6.07, 6.45) is 4.53. The van der Waals surface area contributed by atoms with Gasteiger partial charge in [-0.3, -0.25) is 4.79 Å². The molecule has 1 aliphatic rings. The second kappa shape index (κ2) is 9.31. The number of para-hydroxylation sites is 1. The van der Waals surface area contributed by atoms with Gasteiger partial charge >= 0.3 is 5.97 Å². The molecular weight excluding hydrogens is 380 g/mol. The number of ether oxygens (including phenoxy) is 1. The molecule has 1 amide bonds. The number of benzene rings is 2. The maximum Gasteiger partial charge on any atom is 0.340 e. The van der Waals surface area contributed by atoms with Crippen molar-refractivity contribution in [2.45, 2.75) is 31.8 Å². The van der Waals surface area contributed by atoms with Gasteiger partial charge in [0.2, 0.25) is 0 Å². The zero-order valence-electron chi connectivity index (χ0n) is 16.6.